The Hall–Kier alpha value is -2.49. The minimum absolute atomic E-state index is 0.114. The molecule has 0 heterocycles. The molecule has 140 valence electrons. The average molecular weight is 355 g/mol. The summed E-state index contributed by atoms with van der Waals surface area (Å²) in [5, 5.41) is 2.90. The van der Waals surface area contributed by atoms with Gasteiger partial charge in [-0.25, -0.2) is 0 Å². The van der Waals surface area contributed by atoms with Crippen molar-refractivity contribution in [3.63, 3.8) is 0 Å². The van der Waals surface area contributed by atoms with Crippen molar-refractivity contribution in [2.75, 3.05) is 13.2 Å². The maximum absolute atomic E-state index is 12.4. The summed E-state index contributed by atoms with van der Waals surface area (Å²) < 4.78 is 11.7. The van der Waals surface area contributed by atoms with Crippen LogP contribution in [0.15, 0.2) is 36.4 Å². The first kappa shape index (κ1) is 19.8. The van der Waals surface area contributed by atoms with Gasteiger partial charge in [-0.3, -0.25) is 4.79 Å². The van der Waals surface area contributed by atoms with Crippen molar-refractivity contribution < 1.29 is 14.3 Å². The molecule has 0 bridgehead atoms. The third kappa shape index (κ3) is 5.51. The molecule has 2 aromatic rings. The van der Waals surface area contributed by atoms with E-state index < -0.39 is 6.10 Å². The van der Waals surface area contributed by atoms with Crippen molar-refractivity contribution in [2.45, 2.75) is 47.1 Å². The van der Waals surface area contributed by atoms with Crippen molar-refractivity contribution >= 4 is 5.91 Å². The van der Waals surface area contributed by atoms with Gasteiger partial charge in [0.15, 0.2) is 6.10 Å². The van der Waals surface area contributed by atoms with Crippen LogP contribution in [0.2, 0.25) is 0 Å². The number of ether oxygens (including phenoxy) is 2. The maximum atomic E-state index is 12.4. The number of benzene rings is 2. The van der Waals surface area contributed by atoms with Crippen LogP contribution < -0.4 is 14.8 Å². The molecule has 0 aliphatic rings. The molecule has 0 radical (unpaired) electrons. The van der Waals surface area contributed by atoms with Crippen LogP contribution in [0.1, 0.15) is 35.6 Å². The molecule has 0 aliphatic heterocycles. The lowest BCUT2D eigenvalue weighted by atomic mass is 10.1. The van der Waals surface area contributed by atoms with Crippen LogP contribution in [0, 0.1) is 27.7 Å². The summed E-state index contributed by atoms with van der Waals surface area (Å²) in [7, 11) is 0. The zero-order valence-corrected chi connectivity index (χ0v) is 16.4. The van der Waals surface area contributed by atoms with Gasteiger partial charge in [0.25, 0.3) is 5.91 Å². The highest BCUT2D eigenvalue weighted by atomic mass is 16.5. The fraction of sp³-hybridized carbons (Fsp3) is 0.409. The molecular weight excluding hydrogens is 326 g/mol. The van der Waals surface area contributed by atoms with Crippen LogP contribution >= 0.6 is 0 Å². The van der Waals surface area contributed by atoms with Crippen LogP contribution in [0.3, 0.4) is 0 Å². The monoisotopic (exact) mass is 355 g/mol. The third-order valence-electron chi connectivity index (χ3n) is 4.27. The van der Waals surface area contributed by atoms with Crippen LogP contribution in [0.5, 0.6) is 11.5 Å². The predicted octanol–water partition coefficient (Wildman–Crippen LogP) is 4.27. The Morgan fingerprint density at radius 3 is 2.35 bits per heavy atom. The molecule has 4 nitrogen and oxygen atoms in total. The van der Waals surface area contributed by atoms with Gasteiger partial charge in [-0.15, -0.1) is 0 Å². The molecule has 0 saturated carbocycles. The molecular formula is C22H29NO3. The fourth-order valence-electron chi connectivity index (χ4n) is 2.72. The first-order chi connectivity index (χ1) is 12.4. The molecule has 2 aromatic carbocycles. The molecule has 1 N–H and O–H groups in total. The van der Waals surface area contributed by atoms with E-state index in [1.807, 2.05) is 58.9 Å². The second-order valence-corrected chi connectivity index (χ2v) is 6.69. The van der Waals surface area contributed by atoms with Gasteiger partial charge in [0.2, 0.25) is 0 Å². The van der Waals surface area contributed by atoms with Gasteiger partial charge >= 0.3 is 0 Å². The molecule has 0 aliphatic carbocycles. The quantitative estimate of drug-likeness (QED) is 0.719. The van der Waals surface area contributed by atoms with E-state index in [0.29, 0.717) is 19.6 Å². The standard InChI is InChI=1S/C22H29NO3/c1-6-19(26-20-10-8-15(2)13-18(20)5)22(24)23-11-12-25-21-14-16(3)7-9-17(21)4/h7-10,13-14,19H,6,11-12H2,1-5H3,(H,23,24)/t19-/m1/s1. The molecule has 0 unspecified atom stereocenters. The Labute approximate surface area is 156 Å². The van der Waals surface area contributed by atoms with E-state index in [1.54, 1.807) is 0 Å². The van der Waals surface area contributed by atoms with Crippen molar-refractivity contribution in [1.82, 2.24) is 5.32 Å². The Kier molecular flexibility index (Phi) is 7.07. The summed E-state index contributed by atoms with van der Waals surface area (Å²) in [5.74, 6) is 1.50. The molecule has 1 atom stereocenters. The summed E-state index contributed by atoms with van der Waals surface area (Å²) in [6.07, 6.45) is 0.105. The minimum Gasteiger partial charge on any atom is -0.491 e. The summed E-state index contributed by atoms with van der Waals surface area (Å²) in [4.78, 5) is 12.4. The number of hydrogen-bond acceptors (Lipinski definition) is 3. The van der Waals surface area contributed by atoms with Crippen molar-refractivity contribution in [2.24, 2.45) is 0 Å². The van der Waals surface area contributed by atoms with Gasteiger partial charge in [0.1, 0.15) is 18.1 Å². The number of carbonyl (C=O) groups is 1. The average Bonchev–Trinajstić information content (AvgIpc) is 2.60. The molecule has 0 saturated heterocycles. The normalized spacial score (nSPS) is 11.7. The van der Waals surface area contributed by atoms with E-state index in [4.69, 9.17) is 9.47 Å². The molecule has 1 amide bonds. The fourth-order valence-corrected chi connectivity index (χ4v) is 2.72. The molecule has 0 fully saturated rings. The third-order valence-corrected chi connectivity index (χ3v) is 4.27. The summed E-state index contributed by atoms with van der Waals surface area (Å²) in [5.41, 5.74) is 4.46. The van der Waals surface area contributed by atoms with Crippen LogP contribution in [-0.2, 0) is 4.79 Å². The van der Waals surface area contributed by atoms with Gasteiger partial charge in [-0.1, -0.05) is 36.8 Å². The lowest BCUT2D eigenvalue weighted by molar-refractivity contribution is -0.128. The molecule has 0 aromatic heterocycles. The number of amides is 1. The zero-order chi connectivity index (χ0) is 19.1. The number of rotatable bonds is 8. The highest BCUT2D eigenvalue weighted by Crippen LogP contribution is 2.21. The lowest BCUT2D eigenvalue weighted by Crippen LogP contribution is -2.39. The first-order valence-electron chi connectivity index (χ1n) is 9.12. The highest BCUT2D eigenvalue weighted by Gasteiger charge is 2.18. The number of hydrogen-bond donors (Lipinski definition) is 1. The molecule has 2 rings (SSSR count). The van der Waals surface area contributed by atoms with E-state index in [0.717, 1.165) is 28.2 Å². The predicted molar refractivity (Wildman–Crippen MR) is 105 cm³/mol. The number of nitrogens with one attached hydrogen (secondary N) is 1. The highest BCUT2D eigenvalue weighted by molar-refractivity contribution is 5.81. The van der Waals surface area contributed by atoms with E-state index in [1.165, 1.54) is 5.56 Å². The molecule has 4 heteroatoms. The van der Waals surface area contributed by atoms with Crippen LogP contribution in [0.25, 0.3) is 0 Å². The van der Waals surface area contributed by atoms with Crippen LogP contribution in [-0.4, -0.2) is 25.2 Å². The number of aryl methyl sites for hydroxylation is 4. The Bertz CT molecular complexity index is 755. The van der Waals surface area contributed by atoms with Gasteiger partial charge < -0.3 is 14.8 Å². The second-order valence-electron chi connectivity index (χ2n) is 6.69. The van der Waals surface area contributed by atoms with Gasteiger partial charge in [-0.05, 0) is 62.9 Å². The van der Waals surface area contributed by atoms with Gasteiger partial charge in [0.05, 0.1) is 6.54 Å². The van der Waals surface area contributed by atoms with E-state index in [-0.39, 0.29) is 5.91 Å². The van der Waals surface area contributed by atoms with Crippen molar-refractivity contribution in [3.05, 3.63) is 58.7 Å². The molecule has 26 heavy (non-hydrogen) atoms. The Balaban J connectivity index is 1.84. The summed E-state index contributed by atoms with van der Waals surface area (Å²) in [6, 6.07) is 12.1. The second kappa shape index (κ2) is 9.27. The Morgan fingerprint density at radius 2 is 1.65 bits per heavy atom. The summed E-state index contributed by atoms with van der Waals surface area (Å²) >= 11 is 0. The van der Waals surface area contributed by atoms with E-state index >= 15 is 0 Å². The topological polar surface area (TPSA) is 47.6 Å². The largest absolute Gasteiger partial charge is 0.491 e. The number of carbonyl (C=O) groups excluding carboxylic acids is 1. The lowest BCUT2D eigenvalue weighted by Gasteiger charge is -2.19. The van der Waals surface area contributed by atoms with Crippen LogP contribution in [0.4, 0.5) is 0 Å². The zero-order valence-electron chi connectivity index (χ0n) is 16.4. The smallest absolute Gasteiger partial charge is 0.261 e. The summed E-state index contributed by atoms with van der Waals surface area (Å²) in [6.45, 7) is 10.9. The van der Waals surface area contributed by atoms with Gasteiger partial charge in [0, 0.05) is 0 Å². The van der Waals surface area contributed by atoms with Crippen molar-refractivity contribution in [3.8, 4) is 11.5 Å². The van der Waals surface area contributed by atoms with E-state index in [9.17, 15) is 4.79 Å². The first-order valence-corrected chi connectivity index (χ1v) is 9.12. The Morgan fingerprint density at radius 1 is 0.962 bits per heavy atom. The molecule has 0 spiro atoms. The van der Waals surface area contributed by atoms with E-state index in [2.05, 4.69) is 17.4 Å². The maximum Gasteiger partial charge on any atom is 0.261 e. The minimum atomic E-state index is -0.503. The van der Waals surface area contributed by atoms with Gasteiger partial charge in [-0.2, -0.15) is 0 Å². The van der Waals surface area contributed by atoms with Crippen molar-refractivity contribution in [1.29, 1.82) is 0 Å². The SMILES string of the molecule is CC[C@@H](Oc1ccc(C)cc1C)C(=O)NCCOc1cc(C)ccc1C.